The number of hydrogen-bond acceptors (Lipinski definition) is 4. The van der Waals surface area contributed by atoms with E-state index < -0.39 is 0 Å². The quantitative estimate of drug-likeness (QED) is 0.647. The number of anilines is 2. The molecule has 0 aliphatic carbocycles. The van der Waals surface area contributed by atoms with Gasteiger partial charge in [0.15, 0.2) is 0 Å². The number of rotatable bonds is 4. The molecule has 0 aliphatic heterocycles. The van der Waals surface area contributed by atoms with Gasteiger partial charge in [0.1, 0.15) is 0 Å². The fraction of sp³-hybridized carbons (Fsp3) is 0.250. The second-order valence-corrected chi connectivity index (χ2v) is 6.33. The van der Waals surface area contributed by atoms with Crippen molar-refractivity contribution in [3.05, 3.63) is 47.5 Å². The van der Waals surface area contributed by atoms with Crippen LogP contribution in [0.5, 0.6) is 0 Å². The molecule has 0 bridgehead atoms. The fourth-order valence-electron chi connectivity index (χ4n) is 2.35. The van der Waals surface area contributed by atoms with Crippen LogP contribution in [0.4, 0.5) is 11.4 Å². The van der Waals surface area contributed by atoms with Crippen LogP contribution in [0.3, 0.4) is 0 Å². The zero-order valence-electron chi connectivity index (χ0n) is 12.0. The molecule has 4 N–H and O–H groups in total. The fourth-order valence-corrected chi connectivity index (χ4v) is 3.65. The van der Waals surface area contributed by atoms with Gasteiger partial charge in [-0.05, 0) is 29.7 Å². The van der Waals surface area contributed by atoms with E-state index in [0.717, 1.165) is 26.7 Å². The van der Waals surface area contributed by atoms with Crippen LogP contribution in [0.25, 0.3) is 0 Å². The summed E-state index contributed by atoms with van der Waals surface area (Å²) in [5, 5.41) is 0. The molecular formula is C16H20N2S2. The summed E-state index contributed by atoms with van der Waals surface area (Å²) in [6.07, 6.45) is 4.06. The van der Waals surface area contributed by atoms with Crippen LogP contribution in [0.1, 0.15) is 24.0 Å². The summed E-state index contributed by atoms with van der Waals surface area (Å²) in [5.74, 6) is 0.258. The average molecular weight is 304 g/mol. The topological polar surface area (TPSA) is 52.0 Å². The molecule has 2 aromatic rings. The molecule has 0 spiro atoms. The summed E-state index contributed by atoms with van der Waals surface area (Å²) in [7, 11) is 0. The molecule has 2 rings (SSSR count). The van der Waals surface area contributed by atoms with Crippen molar-refractivity contribution in [2.75, 3.05) is 24.0 Å². The molecule has 20 heavy (non-hydrogen) atoms. The molecule has 0 aliphatic rings. The van der Waals surface area contributed by atoms with E-state index in [1.165, 1.54) is 5.56 Å². The van der Waals surface area contributed by atoms with Gasteiger partial charge in [-0.3, -0.25) is 0 Å². The zero-order valence-corrected chi connectivity index (χ0v) is 13.6. The van der Waals surface area contributed by atoms with E-state index in [9.17, 15) is 0 Å². The lowest BCUT2D eigenvalue weighted by Gasteiger charge is -2.20. The highest BCUT2D eigenvalue weighted by Crippen LogP contribution is 2.42. The van der Waals surface area contributed by atoms with Crippen LogP contribution < -0.4 is 11.5 Å². The molecule has 0 aromatic heterocycles. The highest BCUT2D eigenvalue weighted by Gasteiger charge is 2.18. The number of benzene rings is 2. The lowest BCUT2D eigenvalue weighted by molar-refractivity contribution is 0.915. The Morgan fingerprint density at radius 2 is 1.60 bits per heavy atom. The van der Waals surface area contributed by atoms with Gasteiger partial charge in [-0.1, -0.05) is 37.3 Å². The first-order valence-electron chi connectivity index (χ1n) is 6.44. The predicted molar refractivity (Wildman–Crippen MR) is 92.8 cm³/mol. The molecule has 0 heterocycles. The van der Waals surface area contributed by atoms with Crippen molar-refractivity contribution >= 4 is 34.9 Å². The van der Waals surface area contributed by atoms with E-state index in [-0.39, 0.29) is 5.92 Å². The first-order chi connectivity index (χ1) is 9.60. The van der Waals surface area contributed by atoms with Crippen molar-refractivity contribution in [2.24, 2.45) is 0 Å². The van der Waals surface area contributed by atoms with Gasteiger partial charge in [-0.2, -0.15) is 0 Å². The van der Waals surface area contributed by atoms with Gasteiger partial charge in [-0.15, -0.1) is 23.5 Å². The minimum atomic E-state index is 0.258. The second-order valence-electron chi connectivity index (χ2n) is 4.66. The smallest absolute Gasteiger partial charge is 0.0611 e. The van der Waals surface area contributed by atoms with Crippen molar-refractivity contribution in [3.8, 4) is 0 Å². The summed E-state index contributed by atoms with van der Waals surface area (Å²) >= 11 is 3.28. The zero-order chi connectivity index (χ0) is 14.7. The Morgan fingerprint density at radius 1 is 0.950 bits per heavy atom. The van der Waals surface area contributed by atoms with Crippen molar-refractivity contribution < 1.29 is 0 Å². The average Bonchev–Trinajstić information content (AvgIpc) is 2.48. The Bertz CT molecular complexity index is 597. The molecule has 2 nitrogen and oxygen atoms in total. The maximum atomic E-state index is 6.35. The Balaban J connectivity index is 2.57. The van der Waals surface area contributed by atoms with Crippen LogP contribution >= 0.6 is 23.5 Å². The highest BCUT2D eigenvalue weighted by atomic mass is 32.2. The van der Waals surface area contributed by atoms with Crippen LogP contribution in [-0.2, 0) is 0 Å². The van der Waals surface area contributed by atoms with Crippen LogP contribution in [0, 0.1) is 0 Å². The van der Waals surface area contributed by atoms with Crippen molar-refractivity contribution in [3.63, 3.8) is 0 Å². The first-order valence-corrected chi connectivity index (χ1v) is 8.89. The lowest BCUT2D eigenvalue weighted by Crippen LogP contribution is -2.06. The summed E-state index contributed by atoms with van der Waals surface area (Å²) in [6.45, 7) is 2.19. The third kappa shape index (κ3) is 2.76. The third-order valence-electron chi connectivity index (χ3n) is 3.54. The van der Waals surface area contributed by atoms with Crippen LogP contribution in [0.15, 0.2) is 46.2 Å². The molecule has 0 fully saturated rings. The molecule has 1 atom stereocenters. The van der Waals surface area contributed by atoms with Gasteiger partial charge in [0.05, 0.1) is 16.3 Å². The maximum Gasteiger partial charge on any atom is 0.0611 e. The summed E-state index contributed by atoms with van der Waals surface area (Å²) in [6, 6.07) is 12.6. The number of nitrogen functional groups attached to an aromatic ring is 2. The monoisotopic (exact) mass is 304 g/mol. The van der Waals surface area contributed by atoms with Gasteiger partial charge in [0.25, 0.3) is 0 Å². The van der Waals surface area contributed by atoms with E-state index in [1.807, 2.05) is 18.6 Å². The molecule has 0 amide bonds. The van der Waals surface area contributed by atoms with Gasteiger partial charge in [0, 0.05) is 10.8 Å². The largest absolute Gasteiger partial charge is 0.398 e. The van der Waals surface area contributed by atoms with E-state index >= 15 is 0 Å². The van der Waals surface area contributed by atoms with Gasteiger partial charge in [0.2, 0.25) is 0 Å². The van der Waals surface area contributed by atoms with E-state index in [4.69, 9.17) is 11.5 Å². The molecular weight excluding hydrogens is 284 g/mol. The molecule has 0 radical (unpaired) electrons. The maximum absolute atomic E-state index is 6.35. The second kappa shape index (κ2) is 6.46. The molecule has 1 unspecified atom stereocenters. The molecule has 0 saturated carbocycles. The lowest BCUT2D eigenvalue weighted by atomic mass is 9.92. The Kier molecular flexibility index (Phi) is 4.89. The van der Waals surface area contributed by atoms with Gasteiger partial charge >= 0.3 is 0 Å². The van der Waals surface area contributed by atoms with E-state index in [2.05, 4.69) is 37.3 Å². The van der Waals surface area contributed by atoms with Crippen LogP contribution in [-0.4, -0.2) is 12.5 Å². The third-order valence-corrected chi connectivity index (χ3v) is 5.17. The highest BCUT2D eigenvalue weighted by molar-refractivity contribution is 7.99. The minimum absolute atomic E-state index is 0.258. The molecule has 4 heteroatoms. The van der Waals surface area contributed by atoms with Crippen molar-refractivity contribution in [2.45, 2.75) is 22.6 Å². The molecule has 0 saturated heterocycles. The number of hydrogen-bond donors (Lipinski definition) is 2. The Labute approximate surface area is 129 Å². The van der Waals surface area contributed by atoms with Crippen molar-refractivity contribution in [1.29, 1.82) is 0 Å². The van der Waals surface area contributed by atoms with Crippen molar-refractivity contribution in [1.82, 2.24) is 0 Å². The van der Waals surface area contributed by atoms with Gasteiger partial charge in [-0.25, -0.2) is 0 Å². The van der Waals surface area contributed by atoms with E-state index in [1.54, 1.807) is 23.5 Å². The Morgan fingerprint density at radius 3 is 2.15 bits per heavy atom. The predicted octanol–water partition coefficient (Wildman–Crippen LogP) is 4.45. The number of thioether (sulfide) groups is 2. The standard InChI is InChI=1S/C16H20N2S2/c1-10(11-7-5-4-6-8-11)12-9-13(19-2)15(18)16(20-3)14(12)17/h4-10H,17-18H2,1-3H3. The van der Waals surface area contributed by atoms with Crippen LogP contribution in [0.2, 0.25) is 0 Å². The normalized spacial score (nSPS) is 12.3. The number of nitrogens with two attached hydrogens (primary N) is 2. The minimum Gasteiger partial charge on any atom is -0.398 e. The summed E-state index contributed by atoms with van der Waals surface area (Å²) in [4.78, 5) is 2.09. The molecule has 106 valence electrons. The first kappa shape index (κ1) is 15.1. The van der Waals surface area contributed by atoms with E-state index in [0.29, 0.717) is 0 Å². The summed E-state index contributed by atoms with van der Waals surface area (Å²) < 4.78 is 0. The SMILES string of the molecule is CSc1cc(C(C)c2ccccc2)c(N)c(SC)c1N. The van der Waals surface area contributed by atoms with Gasteiger partial charge < -0.3 is 11.5 Å². The summed E-state index contributed by atoms with van der Waals surface area (Å²) in [5.41, 5.74) is 16.6. The Hall–Kier alpha value is -1.26. The molecule has 2 aromatic carbocycles.